The molecule has 0 spiro atoms. The van der Waals surface area contributed by atoms with Gasteiger partial charge in [-0.25, -0.2) is 0 Å². The fourth-order valence-electron chi connectivity index (χ4n) is 1.84. The summed E-state index contributed by atoms with van der Waals surface area (Å²) >= 11 is 0. The fourth-order valence-corrected chi connectivity index (χ4v) is 1.84. The Bertz CT molecular complexity index is 528. The molecule has 0 aliphatic heterocycles. The normalized spacial score (nSPS) is 10.1. The maximum absolute atomic E-state index is 12.0. The Labute approximate surface area is 119 Å². The number of pyridine rings is 1. The molecule has 0 radical (unpaired) electrons. The molecule has 0 fully saturated rings. The molecule has 1 aromatic heterocycles. The topological polar surface area (TPSA) is 45.2 Å². The van der Waals surface area contributed by atoms with Crippen LogP contribution in [-0.2, 0) is 11.2 Å². The van der Waals surface area contributed by atoms with Gasteiger partial charge in [0.25, 0.3) is 0 Å². The number of likely N-dealkylation sites (N-methyl/N-ethyl adjacent to an activating group) is 1. The zero-order valence-corrected chi connectivity index (χ0v) is 11.6. The van der Waals surface area contributed by atoms with E-state index < -0.39 is 0 Å². The van der Waals surface area contributed by atoms with Gasteiger partial charge in [0.2, 0.25) is 5.91 Å². The first kappa shape index (κ1) is 14.1. The van der Waals surface area contributed by atoms with Crippen molar-refractivity contribution >= 4 is 11.6 Å². The van der Waals surface area contributed by atoms with Crippen LogP contribution in [0.5, 0.6) is 0 Å². The second-order valence-corrected chi connectivity index (χ2v) is 4.64. The second kappa shape index (κ2) is 7.28. The average molecular weight is 269 g/mol. The average Bonchev–Trinajstić information content (AvgIpc) is 2.52. The molecule has 20 heavy (non-hydrogen) atoms. The van der Waals surface area contributed by atoms with Crippen LogP contribution in [0.1, 0.15) is 5.56 Å². The number of anilines is 1. The Balaban J connectivity index is 1.75. The van der Waals surface area contributed by atoms with E-state index in [-0.39, 0.29) is 5.91 Å². The van der Waals surface area contributed by atoms with Crippen molar-refractivity contribution in [3.8, 4) is 0 Å². The van der Waals surface area contributed by atoms with Crippen LogP contribution in [0, 0.1) is 0 Å². The van der Waals surface area contributed by atoms with Gasteiger partial charge in [0.15, 0.2) is 0 Å². The summed E-state index contributed by atoms with van der Waals surface area (Å²) < 4.78 is 0. The van der Waals surface area contributed by atoms with Gasteiger partial charge >= 0.3 is 0 Å². The molecule has 104 valence electrons. The van der Waals surface area contributed by atoms with Gasteiger partial charge in [0.1, 0.15) is 0 Å². The Kier molecular flexibility index (Phi) is 5.12. The third-order valence-corrected chi connectivity index (χ3v) is 3.13. The van der Waals surface area contributed by atoms with Gasteiger partial charge < -0.3 is 10.2 Å². The first-order valence-corrected chi connectivity index (χ1v) is 6.67. The van der Waals surface area contributed by atoms with Gasteiger partial charge in [-0.1, -0.05) is 18.2 Å². The quantitative estimate of drug-likeness (QED) is 0.874. The van der Waals surface area contributed by atoms with Crippen LogP contribution in [0.3, 0.4) is 0 Å². The third-order valence-electron chi connectivity index (χ3n) is 3.13. The van der Waals surface area contributed by atoms with E-state index in [0.717, 1.165) is 12.1 Å². The highest BCUT2D eigenvalue weighted by molar-refractivity contribution is 5.80. The lowest BCUT2D eigenvalue weighted by molar-refractivity contribution is -0.127. The van der Waals surface area contributed by atoms with E-state index in [1.165, 1.54) is 5.56 Å². The molecule has 4 heteroatoms. The summed E-state index contributed by atoms with van der Waals surface area (Å²) in [5.41, 5.74) is 2.15. The van der Waals surface area contributed by atoms with E-state index >= 15 is 0 Å². The lowest BCUT2D eigenvalue weighted by Crippen LogP contribution is -2.33. The fraction of sp³-hybridized carbons (Fsp3) is 0.250. The first-order valence-electron chi connectivity index (χ1n) is 6.67. The van der Waals surface area contributed by atoms with Gasteiger partial charge in [0.05, 0.1) is 6.54 Å². The summed E-state index contributed by atoms with van der Waals surface area (Å²) in [6.45, 7) is 1.02. The minimum atomic E-state index is 0.0860. The van der Waals surface area contributed by atoms with Crippen molar-refractivity contribution in [1.82, 2.24) is 9.88 Å². The van der Waals surface area contributed by atoms with Gasteiger partial charge in [-0.2, -0.15) is 0 Å². The summed E-state index contributed by atoms with van der Waals surface area (Å²) in [5.74, 6) is 0.0860. The van der Waals surface area contributed by atoms with Gasteiger partial charge in [-0.05, 0) is 36.2 Å². The predicted molar refractivity (Wildman–Crippen MR) is 80.5 cm³/mol. The SMILES string of the molecule is CN(CCc1ccncc1)C(=O)CNc1ccccc1. The van der Waals surface area contributed by atoms with Gasteiger partial charge in [-0.3, -0.25) is 9.78 Å². The number of nitrogens with zero attached hydrogens (tertiary/aromatic N) is 2. The molecule has 4 nitrogen and oxygen atoms in total. The Morgan fingerprint density at radius 2 is 1.85 bits per heavy atom. The van der Waals surface area contributed by atoms with Crippen molar-refractivity contribution in [3.05, 3.63) is 60.4 Å². The molecule has 2 aromatic rings. The van der Waals surface area contributed by atoms with Crippen LogP contribution in [0.4, 0.5) is 5.69 Å². The standard InChI is InChI=1S/C16H19N3O/c1-19(12-9-14-7-10-17-11-8-14)16(20)13-18-15-5-3-2-4-6-15/h2-8,10-11,18H,9,12-13H2,1H3. The van der Waals surface area contributed by atoms with E-state index in [2.05, 4.69) is 10.3 Å². The monoisotopic (exact) mass is 269 g/mol. The van der Waals surface area contributed by atoms with E-state index in [1.807, 2.05) is 49.5 Å². The number of carbonyl (C=O) groups excluding carboxylic acids is 1. The molecular weight excluding hydrogens is 250 g/mol. The van der Waals surface area contributed by atoms with E-state index in [0.29, 0.717) is 13.1 Å². The number of nitrogens with one attached hydrogen (secondary N) is 1. The predicted octanol–water partition coefficient (Wildman–Crippen LogP) is 2.19. The highest BCUT2D eigenvalue weighted by Crippen LogP contribution is 2.04. The van der Waals surface area contributed by atoms with Crippen molar-refractivity contribution in [1.29, 1.82) is 0 Å². The molecule has 0 aliphatic carbocycles. The third kappa shape index (κ3) is 4.39. The van der Waals surface area contributed by atoms with Gasteiger partial charge in [-0.15, -0.1) is 0 Å². The summed E-state index contributed by atoms with van der Waals surface area (Å²) in [5, 5.41) is 3.12. The van der Waals surface area contributed by atoms with Crippen molar-refractivity contribution in [2.75, 3.05) is 25.5 Å². The number of hydrogen-bond acceptors (Lipinski definition) is 3. The lowest BCUT2D eigenvalue weighted by Gasteiger charge is -2.17. The number of amides is 1. The number of carbonyl (C=O) groups is 1. The molecule has 1 heterocycles. The van der Waals surface area contributed by atoms with E-state index in [9.17, 15) is 4.79 Å². The Morgan fingerprint density at radius 1 is 1.15 bits per heavy atom. The number of benzene rings is 1. The molecule has 0 saturated heterocycles. The molecule has 0 bridgehead atoms. The highest BCUT2D eigenvalue weighted by Gasteiger charge is 2.08. The van der Waals surface area contributed by atoms with Crippen LogP contribution < -0.4 is 5.32 Å². The molecule has 0 atom stereocenters. The molecular formula is C16H19N3O. The minimum absolute atomic E-state index is 0.0860. The number of hydrogen-bond donors (Lipinski definition) is 1. The van der Waals surface area contributed by atoms with Crippen LogP contribution in [0.15, 0.2) is 54.9 Å². The van der Waals surface area contributed by atoms with Crippen LogP contribution in [-0.4, -0.2) is 35.9 Å². The maximum Gasteiger partial charge on any atom is 0.241 e. The molecule has 1 amide bonds. The highest BCUT2D eigenvalue weighted by atomic mass is 16.2. The van der Waals surface area contributed by atoms with E-state index in [1.54, 1.807) is 17.3 Å². The molecule has 0 saturated carbocycles. The summed E-state index contributed by atoms with van der Waals surface area (Å²) in [6.07, 6.45) is 4.39. The minimum Gasteiger partial charge on any atom is -0.376 e. The summed E-state index contributed by atoms with van der Waals surface area (Å²) in [4.78, 5) is 17.7. The Hall–Kier alpha value is -2.36. The molecule has 1 aromatic carbocycles. The zero-order chi connectivity index (χ0) is 14.2. The second-order valence-electron chi connectivity index (χ2n) is 4.64. The Morgan fingerprint density at radius 3 is 2.55 bits per heavy atom. The number of aromatic nitrogens is 1. The summed E-state index contributed by atoms with van der Waals surface area (Å²) in [6, 6.07) is 13.7. The van der Waals surface area contributed by atoms with Crippen LogP contribution in [0.25, 0.3) is 0 Å². The van der Waals surface area contributed by atoms with E-state index in [4.69, 9.17) is 0 Å². The maximum atomic E-state index is 12.0. The molecule has 0 unspecified atom stereocenters. The van der Waals surface area contributed by atoms with Crippen LogP contribution >= 0.6 is 0 Å². The summed E-state index contributed by atoms with van der Waals surface area (Å²) in [7, 11) is 1.83. The molecule has 2 rings (SSSR count). The first-order chi connectivity index (χ1) is 9.75. The van der Waals surface area contributed by atoms with Crippen molar-refractivity contribution in [3.63, 3.8) is 0 Å². The van der Waals surface area contributed by atoms with Crippen LogP contribution in [0.2, 0.25) is 0 Å². The number of rotatable bonds is 6. The molecule has 1 N–H and O–H groups in total. The lowest BCUT2D eigenvalue weighted by atomic mass is 10.2. The van der Waals surface area contributed by atoms with Crippen molar-refractivity contribution < 1.29 is 4.79 Å². The van der Waals surface area contributed by atoms with Crippen molar-refractivity contribution in [2.24, 2.45) is 0 Å². The largest absolute Gasteiger partial charge is 0.376 e. The van der Waals surface area contributed by atoms with Crippen molar-refractivity contribution in [2.45, 2.75) is 6.42 Å². The number of para-hydroxylation sites is 1. The van der Waals surface area contributed by atoms with Gasteiger partial charge in [0, 0.05) is 31.7 Å². The zero-order valence-electron chi connectivity index (χ0n) is 11.6. The smallest absolute Gasteiger partial charge is 0.241 e. The molecule has 0 aliphatic rings.